The smallest absolute Gasteiger partial charge is 0.419 e. The molecule has 0 fully saturated rings. The summed E-state index contributed by atoms with van der Waals surface area (Å²) in [6.45, 7) is -0.617. The highest BCUT2D eigenvalue weighted by atomic mass is 32.1. The van der Waals surface area contributed by atoms with Crippen LogP contribution in [0, 0.1) is 0 Å². The van der Waals surface area contributed by atoms with E-state index in [1.54, 1.807) is 0 Å². The van der Waals surface area contributed by atoms with Gasteiger partial charge in [-0.25, -0.2) is 0 Å². The number of carbonyl (C=O) groups is 2. The molecule has 0 saturated heterocycles. The number of amides is 2. The van der Waals surface area contributed by atoms with Crippen molar-refractivity contribution in [3.63, 3.8) is 0 Å². The maximum absolute atomic E-state index is 13.0. The number of para-hydroxylation sites is 1. The Hall–Kier alpha value is -2.55. The number of hydrogen-bond acceptors (Lipinski definition) is 4. The third kappa shape index (κ3) is 4.24. The molecule has 0 bridgehead atoms. The van der Waals surface area contributed by atoms with E-state index in [0.717, 1.165) is 48.3 Å². The molecule has 0 atom stereocenters. The number of halogens is 3. The van der Waals surface area contributed by atoms with E-state index in [2.05, 4.69) is 5.32 Å². The number of ether oxygens (including phenoxy) is 1. The van der Waals surface area contributed by atoms with Crippen LogP contribution in [-0.2, 0) is 23.8 Å². The van der Waals surface area contributed by atoms with E-state index in [0.29, 0.717) is 10.6 Å². The highest BCUT2D eigenvalue weighted by Crippen LogP contribution is 2.38. The zero-order chi connectivity index (χ0) is 19.6. The van der Waals surface area contributed by atoms with Gasteiger partial charge in [0, 0.05) is 4.88 Å². The molecular formula is C18H17F3N2O3S. The average Bonchev–Trinajstić information content (AvgIpc) is 2.97. The monoisotopic (exact) mass is 398 g/mol. The minimum atomic E-state index is -4.58. The van der Waals surface area contributed by atoms with Crippen molar-refractivity contribution in [2.75, 3.05) is 11.9 Å². The van der Waals surface area contributed by atoms with Crippen LogP contribution >= 0.6 is 11.3 Å². The van der Waals surface area contributed by atoms with E-state index < -0.39 is 35.9 Å². The summed E-state index contributed by atoms with van der Waals surface area (Å²) < 4.78 is 43.9. The Morgan fingerprint density at radius 2 is 1.89 bits per heavy atom. The Morgan fingerprint density at radius 3 is 2.59 bits per heavy atom. The van der Waals surface area contributed by atoms with Crippen LogP contribution in [0.3, 0.4) is 0 Å². The lowest BCUT2D eigenvalue weighted by molar-refractivity contribution is -0.139. The second kappa shape index (κ2) is 7.59. The van der Waals surface area contributed by atoms with Crippen molar-refractivity contribution in [1.29, 1.82) is 0 Å². The van der Waals surface area contributed by atoms with E-state index in [-0.39, 0.29) is 0 Å². The summed E-state index contributed by atoms with van der Waals surface area (Å²) in [4.78, 5) is 25.0. The van der Waals surface area contributed by atoms with Crippen molar-refractivity contribution in [3.05, 3.63) is 45.8 Å². The molecule has 0 radical (unpaired) electrons. The molecule has 5 nitrogen and oxygen atoms in total. The van der Waals surface area contributed by atoms with Crippen molar-refractivity contribution in [2.24, 2.45) is 5.73 Å². The number of fused-ring (bicyclic) bond motifs is 1. The van der Waals surface area contributed by atoms with Gasteiger partial charge in [-0.3, -0.25) is 9.59 Å². The van der Waals surface area contributed by atoms with Gasteiger partial charge in [0.05, 0.1) is 11.1 Å². The number of hydrogen-bond donors (Lipinski definition) is 2. The summed E-state index contributed by atoms with van der Waals surface area (Å²) >= 11 is 1.28. The van der Waals surface area contributed by atoms with Gasteiger partial charge in [0.2, 0.25) is 0 Å². The first-order valence-corrected chi connectivity index (χ1v) is 9.12. The Balaban J connectivity index is 1.73. The number of nitrogens with one attached hydrogen (secondary N) is 1. The zero-order valence-electron chi connectivity index (χ0n) is 14.2. The maximum Gasteiger partial charge on any atom is 0.419 e. The number of carbonyl (C=O) groups excluding carboxylic acids is 2. The zero-order valence-corrected chi connectivity index (χ0v) is 15.0. The van der Waals surface area contributed by atoms with Crippen molar-refractivity contribution in [2.45, 2.75) is 31.9 Å². The Bertz CT molecular complexity index is 877. The second-order valence-electron chi connectivity index (χ2n) is 6.11. The largest absolute Gasteiger partial charge is 0.483 e. The van der Waals surface area contributed by atoms with Crippen LogP contribution in [0.4, 0.5) is 18.2 Å². The summed E-state index contributed by atoms with van der Waals surface area (Å²) in [7, 11) is 0. The summed E-state index contributed by atoms with van der Waals surface area (Å²) in [6, 6.07) is 4.66. The lowest BCUT2D eigenvalue weighted by Crippen LogP contribution is -2.23. The number of thiophene rings is 1. The van der Waals surface area contributed by atoms with E-state index in [4.69, 9.17) is 10.5 Å². The normalized spacial score (nSPS) is 13.7. The Labute approximate surface area is 157 Å². The van der Waals surface area contributed by atoms with Crippen LogP contribution < -0.4 is 15.8 Å². The molecule has 27 heavy (non-hydrogen) atoms. The van der Waals surface area contributed by atoms with Crippen molar-refractivity contribution >= 4 is 28.2 Å². The molecule has 1 aromatic heterocycles. The van der Waals surface area contributed by atoms with Crippen molar-refractivity contribution < 1.29 is 27.5 Å². The molecule has 0 spiro atoms. The highest BCUT2D eigenvalue weighted by molar-refractivity contribution is 7.17. The van der Waals surface area contributed by atoms with E-state index >= 15 is 0 Å². The summed E-state index contributed by atoms with van der Waals surface area (Å²) in [6.07, 6.45) is -1.12. The SMILES string of the molecule is NC(=O)c1c(NC(=O)COc2ccccc2C(F)(F)F)sc2c1CCCC2. The van der Waals surface area contributed by atoms with Crippen LogP contribution in [0.25, 0.3) is 0 Å². The average molecular weight is 398 g/mol. The predicted octanol–water partition coefficient (Wildman–Crippen LogP) is 3.76. The third-order valence-corrected chi connectivity index (χ3v) is 5.43. The second-order valence-corrected chi connectivity index (χ2v) is 7.22. The summed E-state index contributed by atoms with van der Waals surface area (Å²) in [5, 5.41) is 2.88. The topological polar surface area (TPSA) is 81.4 Å². The Kier molecular flexibility index (Phi) is 5.41. The molecule has 3 N–H and O–H groups in total. The van der Waals surface area contributed by atoms with E-state index in [9.17, 15) is 22.8 Å². The molecule has 1 aliphatic rings. The fraction of sp³-hybridized carbons (Fsp3) is 0.333. The van der Waals surface area contributed by atoms with Gasteiger partial charge in [-0.2, -0.15) is 13.2 Å². The molecule has 3 rings (SSSR count). The molecule has 2 aromatic rings. The van der Waals surface area contributed by atoms with Crippen LogP contribution in [-0.4, -0.2) is 18.4 Å². The molecule has 144 valence electrons. The first-order valence-electron chi connectivity index (χ1n) is 8.30. The number of nitrogens with two attached hydrogens (primary N) is 1. The number of benzene rings is 1. The van der Waals surface area contributed by atoms with Crippen LogP contribution in [0.5, 0.6) is 5.75 Å². The first kappa shape index (κ1) is 19.2. The fourth-order valence-electron chi connectivity index (χ4n) is 3.05. The molecule has 0 aliphatic heterocycles. The van der Waals surface area contributed by atoms with Gasteiger partial charge in [0.25, 0.3) is 11.8 Å². The van der Waals surface area contributed by atoms with Gasteiger partial charge in [-0.05, 0) is 43.4 Å². The van der Waals surface area contributed by atoms with Gasteiger partial charge in [-0.15, -0.1) is 11.3 Å². The van der Waals surface area contributed by atoms with Gasteiger partial charge in [-0.1, -0.05) is 12.1 Å². The lowest BCUT2D eigenvalue weighted by Gasteiger charge is -2.13. The van der Waals surface area contributed by atoms with Gasteiger partial charge >= 0.3 is 6.18 Å². The third-order valence-electron chi connectivity index (χ3n) is 4.22. The minimum Gasteiger partial charge on any atom is -0.483 e. The molecule has 2 amide bonds. The number of anilines is 1. The van der Waals surface area contributed by atoms with Gasteiger partial charge < -0.3 is 15.8 Å². The van der Waals surface area contributed by atoms with E-state index in [1.165, 1.54) is 23.5 Å². The fourth-order valence-corrected chi connectivity index (χ4v) is 4.36. The van der Waals surface area contributed by atoms with Crippen LogP contribution in [0.1, 0.15) is 39.2 Å². The number of alkyl halides is 3. The first-order chi connectivity index (χ1) is 12.8. The number of primary amides is 1. The maximum atomic E-state index is 13.0. The van der Waals surface area contributed by atoms with Crippen LogP contribution in [0.2, 0.25) is 0 Å². The van der Waals surface area contributed by atoms with Crippen LogP contribution in [0.15, 0.2) is 24.3 Å². The lowest BCUT2D eigenvalue weighted by atomic mass is 9.95. The quantitative estimate of drug-likeness (QED) is 0.805. The minimum absolute atomic E-state index is 0.291. The summed E-state index contributed by atoms with van der Waals surface area (Å²) in [5.41, 5.74) is 5.64. The van der Waals surface area contributed by atoms with E-state index in [1.807, 2.05) is 0 Å². The molecule has 9 heteroatoms. The number of rotatable bonds is 5. The molecule has 0 unspecified atom stereocenters. The number of aryl methyl sites for hydroxylation is 1. The van der Waals surface area contributed by atoms with Crippen molar-refractivity contribution in [3.8, 4) is 5.75 Å². The summed E-state index contributed by atoms with van der Waals surface area (Å²) in [5.74, 6) is -1.72. The highest BCUT2D eigenvalue weighted by Gasteiger charge is 2.34. The van der Waals surface area contributed by atoms with Gasteiger partial charge in [0.15, 0.2) is 6.61 Å². The molecule has 1 heterocycles. The molecular weight excluding hydrogens is 381 g/mol. The van der Waals surface area contributed by atoms with Crippen molar-refractivity contribution in [1.82, 2.24) is 0 Å². The standard InChI is InChI=1S/C18H17F3N2O3S/c19-18(20,21)11-6-2-3-7-12(11)26-9-14(24)23-17-15(16(22)25)10-5-1-4-8-13(10)27-17/h2-3,6-7H,1,4-5,8-9H2,(H2,22,25)(H,23,24). The molecule has 1 aliphatic carbocycles. The predicted molar refractivity (Wildman–Crippen MR) is 95.0 cm³/mol. The molecule has 0 saturated carbocycles. The Morgan fingerprint density at radius 1 is 1.19 bits per heavy atom. The van der Waals surface area contributed by atoms with Gasteiger partial charge in [0.1, 0.15) is 10.8 Å². The molecule has 1 aromatic carbocycles.